The lowest BCUT2D eigenvalue weighted by atomic mass is 10.2. The van der Waals surface area contributed by atoms with Crippen molar-refractivity contribution < 1.29 is 8.91 Å². The highest BCUT2D eigenvalue weighted by Crippen LogP contribution is 2.08. The molecular formula is C21H31FN6O. The first-order valence-corrected chi connectivity index (χ1v) is 10.2. The van der Waals surface area contributed by atoms with Gasteiger partial charge in [-0.1, -0.05) is 17.3 Å². The number of likely N-dealkylation sites (N-methyl/N-ethyl adjacent to an activating group) is 1. The molecule has 8 heteroatoms. The lowest BCUT2D eigenvalue weighted by Gasteiger charge is -2.36. The van der Waals surface area contributed by atoms with Crippen LogP contribution < -0.4 is 5.32 Å². The average Bonchev–Trinajstić information content (AvgIpc) is 3.23. The number of halogens is 1. The first kappa shape index (κ1) is 21.3. The minimum Gasteiger partial charge on any atom is -0.364 e. The molecule has 0 bridgehead atoms. The van der Waals surface area contributed by atoms with Crippen LogP contribution in [0.5, 0.6) is 0 Å². The van der Waals surface area contributed by atoms with Gasteiger partial charge in [-0.2, -0.15) is 0 Å². The van der Waals surface area contributed by atoms with Crippen LogP contribution in [0, 0.1) is 5.82 Å². The SMILES string of the molecule is CCNC(=NCCN(C)Cc1ccc(F)cc1)N1CCN(Cc2ccon2)CC1. The van der Waals surface area contributed by atoms with Crippen LogP contribution in [0.2, 0.25) is 0 Å². The molecule has 1 saturated heterocycles. The summed E-state index contributed by atoms with van der Waals surface area (Å²) in [4.78, 5) is 11.7. The number of rotatable bonds is 8. The van der Waals surface area contributed by atoms with Gasteiger partial charge in [0, 0.05) is 58.4 Å². The smallest absolute Gasteiger partial charge is 0.194 e. The number of benzene rings is 1. The Morgan fingerprint density at radius 2 is 1.97 bits per heavy atom. The number of hydrogen-bond acceptors (Lipinski definition) is 5. The summed E-state index contributed by atoms with van der Waals surface area (Å²) < 4.78 is 17.9. The predicted molar refractivity (Wildman–Crippen MR) is 112 cm³/mol. The summed E-state index contributed by atoms with van der Waals surface area (Å²) in [5.74, 6) is 0.779. The second-order valence-electron chi connectivity index (χ2n) is 7.35. The molecule has 3 rings (SSSR count). The van der Waals surface area contributed by atoms with Crippen LogP contribution in [0.3, 0.4) is 0 Å². The fourth-order valence-electron chi connectivity index (χ4n) is 3.40. The minimum absolute atomic E-state index is 0.197. The second-order valence-corrected chi connectivity index (χ2v) is 7.35. The Morgan fingerprint density at radius 1 is 1.21 bits per heavy atom. The topological polar surface area (TPSA) is 60.1 Å². The van der Waals surface area contributed by atoms with Crippen molar-refractivity contribution in [3.63, 3.8) is 0 Å². The van der Waals surface area contributed by atoms with Crippen molar-refractivity contribution in [3.05, 3.63) is 53.7 Å². The highest BCUT2D eigenvalue weighted by atomic mass is 19.1. The van der Waals surface area contributed by atoms with Crippen LogP contribution in [0.1, 0.15) is 18.2 Å². The summed E-state index contributed by atoms with van der Waals surface area (Å²) >= 11 is 0. The third kappa shape index (κ3) is 6.83. The van der Waals surface area contributed by atoms with Gasteiger partial charge >= 0.3 is 0 Å². The fraction of sp³-hybridized carbons (Fsp3) is 0.524. The molecule has 1 aliphatic heterocycles. The average molecular weight is 403 g/mol. The standard InChI is InChI=1S/C21H31FN6O/c1-3-23-21(24-9-10-26(2)16-18-4-6-19(22)7-5-18)28-13-11-27(12-14-28)17-20-8-15-29-25-20/h4-8,15H,3,9-14,16-17H2,1-2H3,(H,23,24). The molecule has 158 valence electrons. The minimum atomic E-state index is -0.197. The fourth-order valence-corrected chi connectivity index (χ4v) is 3.40. The summed E-state index contributed by atoms with van der Waals surface area (Å²) in [7, 11) is 2.06. The van der Waals surface area contributed by atoms with Gasteiger partial charge < -0.3 is 19.6 Å². The summed E-state index contributed by atoms with van der Waals surface area (Å²) in [6.07, 6.45) is 1.62. The van der Waals surface area contributed by atoms with Crippen molar-refractivity contribution in [2.24, 2.45) is 4.99 Å². The highest BCUT2D eigenvalue weighted by molar-refractivity contribution is 5.80. The molecule has 29 heavy (non-hydrogen) atoms. The number of hydrogen-bond donors (Lipinski definition) is 1. The molecule has 0 saturated carbocycles. The molecule has 0 unspecified atom stereocenters. The summed E-state index contributed by atoms with van der Waals surface area (Å²) in [6, 6.07) is 8.59. The molecule has 0 radical (unpaired) electrons. The van der Waals surface area contributed by atoms with Crippen LogP contribution in [0.25, 0.3) is 0 Å². The maximum Gasteiger partial charge on any atom is 0.194 e. The maximum absolute atomic E-state index is 13.0. The molecule has 1 aliphatic rings. The van der Waals surface area contributed by atoms with E-state index in [1.165, 1.54) is 12.1 Å². The van der Waals surface area contributed by atoms with Crippen molar-refractivity contribution in [3.8, 4) is 0 Å². The van der Waals surface area contributed by atoms with E-state index in [1.54, 1.807) is 6.26 Å². The van der Waals surface area contributed by atoms with E-state index in [-0.39, 0.29) is 5.82 Å². The van der Waals surface area contributed by atoms with Gasteiger partial charge in [0.15, 0.2) is 5.96 Å². The Kier molecular flexibility index (Phi) is 8.01. The molecular weight excluding hydrogens is 371 g/mol. The third-order valence-corrected chi connectivity index (χ3v) is 4.99. The number of guanidine groups is 1. The van der Waals surface area contributed by atoms with Crippen molar-refractivity contribution in [2.75, 3.05) is 52.9 Å². The maximum atomic E-state index is 13.0. The van der Waals surface area contributed by atoms with Gasteiger partial charge in [-0.05, 0) is 31.7 Å². The zero-order valence-corrected chi connectivity index (χ0v) is 17.4. The van der Waals surface area contributed by atoms with Crippen LogP contribution in [-0.4, -0.2) is 78.7 Å². The normalized spacial score (nSPS) is 15.9. The Balaban J connectivity index is 1.44. The molecule has 0 aliphatic carbocycles. The van der Waals surface area contributed by atoms with Gasteiger partial charge in [-0.25, -0.2) is 4.39 Å². The van der Waals surface area contributed by atoms with Gasteiger partial charge in [0.25, 0.3) is 0 Å². The Labute approximate surface area is 172 Å². The molecule has 7 nitrogen and oxygen atoms in total. The molecule has 0 spiro atoms. The number of nitrogens with zero attached hydrogens (tertiary/aromatic N) is 5. The lowest BCUT2D eigenvalue weighted by molar-refractivity contribution is 0.169. The van der Waals surface area contributed by atoms with E-state index in [9.17, 15) is 4.39 Å². The summed E-state index contributed by atoms with van der Waals surface area (Å²) in [5, 5.41) is 7.41. The van der Waals surface area contributed by atoms with Crippen molar-refractivity contribution >= 4 is 5.96 Å². The molecule has 2 heterocycles. The summed E-state index contributed by atoms with van der Waals surface area (Å²) in [6.45, 7) is 9.95. The molecule has 1 N–H and O–H groups in total. The zero-order chi connectivity index (χ0) is 20.5. The van der Waals surface area contributed by atoms with E-state index in [4.69, 9.17) is 9.52 Å². The zero-order valence-electron chi connectivity index (χ0n) is 17.4. The van der Waals surface area contributed by atoms with Crippen LogP contribution in [0.15, 0.2) is 46.1 Å². The van der Waals surface area contributed by atoms with Gasteiger partial charge in [-0.3, -0.25) is 9.89 Å². The Morgan fingerprint density at radius 3 is 2.62 bits per heavy atom. The first-order chi connectivity index (χ1) is 14.1. The Hall–Kier alpha value is -2.45. The molecule has 1 fully saturated rings. The lowest BCUT2D eigenvalue weighted by Crippen LogP contribution is -2.52. The third-order valence-electron chi connectivity index (χ3n) is 4.99. The number of piperazine rings is 1. The van der Waals surface area contributed by atoms with Crippen molar-refractivity contribution in [1.82, 2.24) is 25.2 Å². The Bertz CT molecular complexity index is 741. The number of aromatic nitrogens is 1. The number of nitrogens with one attached hydrogen (secondary N) is 1. The first-order valence-electron chi connectivity index (χ1n) is 10.2. The molecule has 1 aromatic carbocycles. The second kappa shape index (κ2) is 10.9. The van der Waals surface area contributed by atoms with Crippen LogP contribution in [-0.2, 0) is 13.1 Å². The van der Waals surface area contributed by atoms with E-state index < -0.39 is 0 Å². The molecule has 0 atom stereocenters. The van der Waals surface area contributed by atoms with E-state index >= 15 is 0 Å². The summed E-state index contributed by atoms with van der Waals surface area (Å²) in [5.41, 5.74) is 2.08. The van der Waals surface area contributed by atoms with Crippen molar-refractivity contribution in [1.29, 1.82) is 0 Å². The monoisotopic (exact) mass is 402 g/mol. The van der Waals surface area contributed by atoms with Crippen LogP contribution in [0.4, 0.5) is 4.39 Å². The quantitative estimate of drug-likeness (QED) is 0.539. The number of aliphatic imine (C=N–C) groups is 1. The highest BCUT2D eigenvalue weighted by Gasteiger charge is 2.20. The molecule has 0 amide bonds. The van der Waals surface area contributed by atoms with E-state index in [0.717, 1.165) is 76.1 Å². The molecule has 1 aromatic heterocycles. The van der Waals surface area contributed by atoms with Crippen molar-refractivity contribution in [2.45, 2.75) is 20.0 Å². The molecule has 2 aromatic rings. The van der Waals surface area contributed by atoms with Gasteiger partial charge in [0.2, 0.25) is 0 Å². The van der Waals surface area contributed by atoms with E-state index in [0.29, 0.717) is 0 Å². The largest absolute Gasteiger partial charge is 0.364 e. The van der Waals surface area contributed by atoms with Gasteiger partial charge in [0.05, 0.1) is 12.2 Å². The van der Waals surface area contributed by atoms with Gasteiger partial charge in [0.1, 0.15) is 12.1 Å². The van der Waals surface area contributed by atoms with Crippen LogP contribution >= 0.6 is 0 Å². The van der Waals surface area contributed by atoms with E-state index in [2.05, 4.69) is 39.1 Å². The van der Waals surface area contributed by atoms with Gasteiger partial charge in [-0.15, -0.1) is 0 Å². The predicted octanol–water partition coefficient (Wildman–Crippen LogP) is 2.03. The van der Waals surface area contributed by atoms with E-state index in [1.807, 2.05) is 18.2 Å².